The lowest BCUT2D eigenvalue weighted by Gasteiger charge is -2.25. The zero-order valence-corrected chi connectivity index (χ0v) is 7.51. The minimum Gasteiger partial charge on any atom is -0.389 e. The van der Waals surface area contributed by atoms with Gasteiger partial charge in [0.15, 0.2) is 0 Å². The number of unbranched alkanes of at least 4 members (excludes halogenated alkanes) is 1. The molecule has 0 rings (SSSR count). The van der Waals surface area contributed by atoms with E-state index in [9.17, 15) is 5.11 Å². The second-order valence-corrected chi connectivity index (χ2v) is 3.54. The average Bonchev–Trinajstić information content (AvgIpc) is 1.86. The molecule has 0 aromatic heterocycles. The Morgan fingerprint density at radius 3 is 2.27 bits per heavy atom. The molecule has 0 fully saturated rings. The van der Waals surface area contributed by atoms with Gasteiger partial charge in [-0.25, -0.2) is 0 Å². The summed E-state index contributed by atoms with van der Waals surface area (Å²) in [5.41, 5.74) is 10.3. The van der Waals surface area contributed by atoms with E-state index in [2.05, 4.69) is 0 Å². The van der Waals surface area contributed by atoms with Crippen molar-refractivity contribution in [2.45, 2.75) is 44.8 Å². The van der Waals surface area contributed by atoms with Crippen molar-refractivity contribution >= 4 is 0 Å². The first-order valence-electron chi connectivity index (χ1n) is 4.16. The Morgan fingerprint density at radius 2 is 1.91 bits per heavy atom. The molecule has 3 heteroatoms. The molecule has 0 heterocycles. The Bertz CT molecular complexity index is 98.8. The predicted octanol–water partition coefficient (Wildman–Crippen LogP) is 0.214. The number of nitrogens with two attached hydrogens (primary N) is 2. The van der Waals surface area contributed by atoms with Crippen LogP contribution in [0.1, 0.15) is 33.1 Å². The summed E-state index contributed by atoms with van der Waals surface area (Å²) in [4.78, 5) is 0. The van der Waals surface area contributed by atoms with Crippen LogP contribution in [0.25, 0.3) is 0 Å². The lowest BCUT2D eigenvalue weighted by atomic mass is 9.95. The van der Waals surface area contributed by atoms with Gasteiger partial charge in [0.25, 0.3) is 0 Å². The van der Waals surface area contributed by atoms with E-state index in [4.69, 9.17) is 11.5 Å². The Kier molecular flexibility index (Phi) is 4.65. The zero-order valence-electron chi connectivity index (χ0n) is 7.51. The smallest absolute Gasteiger partial charge is 0.0741 e. The molecule has 0 spiro atoms. The quantitative estimate of drug-likeness (QED) is 0.503. The molecule has 0 aromatic carbocycles. The summed E-state index contributed by atoms with van der Waals surface area (Å²) in [7, 11) is 0. The first-order valence-corrected chi connectivity index (χ1v) is 4.16. The normalized spacial score (nSPS) is 15.0. The minimum atomic E-state index is -0.755. The minimum absolute atomic E-state index is 0.131. The highest BCUT2D eigenvalue weighted by atomic mass is 16.3. The predicted molar refractivity (Wildman–Crippen MR) is 47.2 cm³/mol. The number of aliphatic hydroxyl groups is 1. The molecule has 3 nitrogen and oxygen atoms in total. The van der Waals surface area contributed by atoms with E-state index >= 15 is 0 Å². The fourth-order valence-electron chi connectivity index (χ4n) is 0.862. The molecule has 11 heavy (non-hydrogen) atoms. The van der Waals surface area contributed by atoms with E-state index < -0.39 is 5.60 Å². The fraction of sp³-hybridized carbons (Fsp3) is 1.00. The summed E-state index contributed by atoms with van der Waals surface area (Å²) in [5.74, 6) is 0. The molecular weight excluding hydrogens is 140 g/mol. The maximum Gasteiger partial charge on any atom is 0.0741 e. The van der Waals surface area contributed by atoms with Gasteiger partial charge in [-0.15, -0.1) is 0 Å². The van der Waals surface area contributed by atoms with E-state index in [-0.39, 0.29) is 6.04 Å². The first-order chi connectivity index (χ1) is 4.98. The third kappa shape index (κ3) is 5.18. The van der Waals surface area contributed by atoms with E-state index in [0.717, 1.165) is 19.3 Å². The van der Waals surface area contributed by atoms with Gasteiger partial charge in [-0.1, -0.05) is 6.42 Å². The molecule has 0 aliphatic rings. The van der Waals surface area contributed by atoms with Crippen LogP contribution >= 0.6 is 0 Å². The van der Waals surface area contributed by atoms with Gasteiger partial charge >= 0.3 is 0 Å². The van der Waals surface area contributed by atoms with Gasteiger partial charge in [0.1, 0.15) is 0 Å². The molecule has 0 aliphatic heterocycles. The molecule has 5 N–H and O–H groups in total. The SMILES string of the molecule is CC(C)(O)C(N)CCCCN. The van der Waals surface area contributed by atoms with Crippen molar-refractivity contribution in [2.24, 2.45) is 11.5 Å². The lowest BCUT2D eigenvalue weighted by Crippen LogP contribution is -2.42. The summed E-state index contributed by atoms with van der Waals surface area (Å²) >= 11 is 0. The van der Waals surface area contributed by atoms with E-state index in [0.29, 0.717) is 6.54 Å². The van der Waals surface area contributed by atoms with Crippen molar-refractivity contribution in [1.29, 1.82) is 0 Å². The van der Waals surface area contributed by atoms with Crippen molar-refractivity contribution in [3.05, 3.63) is 0 Å². The van der Waals surface area contributed by atoms with Crippen LogP contribution in [0, 0.1) is 0 Å². The third-order valence-electron chi connectivity index (χ3n) is 1.88. The molecule has 1 atom stereocenters. The van der Waals surface area contributed by atoms with Crippen LogP contribution in [-0.4, -0.2) is 23.3 Å². The second kappa shape index (κ2) is 4.70. The van der Waals surface area contributed by atoms with Crippen LogP contribution in [0.5, 0.6) is 0 Å². The highest BCUT2D eigenvalue weighted by Gasteiger charge is 2.21. The van der Waals surface area contributed by atoms with Crippen LogP contribution in [-0.2, 0) is 0 Å². The van der Waals surface area contributed by atoms with Gasteiger partial charge in [-0.3, -0.25) is 0 Å². The summed E-state index contributed by atoms with van der Waals surface area (Å²) in [5, 5.41) is 9.43. The summed E-state index contributed by atoms with van der Waals surface area (Å²) in [6.07, 6.45) is 2.84. The Hall–Kier alpha value is -0.120. The van der Waals surface area contributed by atoms with Gasteiger partial charge < -0.3 is 16.6 Å². The average molecular weight is 160 g/mol. The fourth-order valence-corrected chi connectivity index (χ4v) is 0.862. The molecule has 0 aromatic rings. The largest absolute Gasteiger partial charge is 0.389 e. The van der Waals surface area contributed by atoms with Gasteiger partial charge in [-0.05, 0) is 33.2 Å². The molecule has 0 saturated carbocycles. The van der Waals surface area contributed by atoms with Crippen molar-refractivity contribution in [3.63, 3.8) is 0 Å². The second-order valence-electron chi connectivity index (χ2n) is 3.54. The van der Waals surface area contributed by atoms with Crippen LogP contribution in [0.15, 0.2) is 0 Å². The molecule has 0 saturated heterocycles. The number of hydrogen-bond donors (Lipinski definition) is 3. The van der Waals surface area contributed by atoms with Crippen molar-refractivity contribution in [3.8, 4) is 0 Å². The van der Waals surface area contributed by atoms with Gasteiger partial charge in [0.2, 0.25) is 0 Å². The third-order valence-corrected chi connectivity index (χ3v) is 1.88. The Labute approximate surface area is 68.8 Å². The monoisotopic (exact) mass is 160 g/mol. The van der Waals surface area contributed by atoms with Gasteiger partial charge in [0, 0.05) is 6.04 Å². The summed E-state index contributed by atoms with van der Waals surface area (Å²) < 4.78 is 0. The molecule has 0 aliphatic carbocycles. The highest BCUT2D eigenvalue weighted by molar-refractivity contribution is 4.79. The number of rotatable bonds is 5. The van der Waals surface area contributed by atoms with E-state index in [1.54, 1.807) is 13.8 Å². The summed E-state index contributed by atoms with van der Waals surface area (Å²) in [6.45, 7) is 4.18. The van der Waals surface area contributed by atoms with E-state index in [1.807, 2.05) is 0 Å². The number of hydrogen-bond acceptors (Lipinski definition) is 3. The van der Waals surface area contributed by atoms with Crippen molar-refractivity contribution in [1.82, 2.24) is 0 Å². The van der Waals surface area contributed by atoms with Gasteiger partial charge in [0.05, 0.1) is 5.60 Å². The van der Waals surface area contributed by atoms with Crippen LogP contribution in [0.3, 0.4) is 0 Å². The molecular formula is C8H20N2O. The lowest BCUT2D eigenvalue weighted by molar-refractivity contribution is 0.0483. The highest BCUT2D eigenvalue weighted by Crippen LogP contribution is 2.11. The molecule has 0 amide bonds. The topological polar surface area (TPSA) is 72.3 Å². The standard InChI is InChI=1S/C8H20N2O/c1-8(2,11)7(10)5-3-4-6-9/h7,11H,3-6,9-10H2,1-2H3. The zero-order chi connectivity index (χ0) is 8.91. The molecule has 1 unspecified atom stereocenters. The molecule has 68 valence electrons. The van der Waals surface area contributed by atoms with Crippen molar-refractivity contribution < 1.29 is 5.11 Å². The summed E-state index contributed by atoms with van der Waals surface area (Å²) in [6, 6.07) is -0.131. The van der Waals surface area contributed by atoms with Crippen LogP contribution in [0.4, 0.5) is 0 Å². The Balaban J connectivity index is 3.44. The maximum atomic E-state index is 9.43. The van der Waals surface area contributed by atoms with Crippen LogP contribution < -0.4 is 11.5 Å². The molecule has 0 bridgehead atoms. The van der Waals surface area contributed by atoms with Crippen LogP contribution in [0.2, 0.25) is 0 Å². The van der Waals surface area contributed by atoms with Gasteiger partial charge in [-0.2, -0.15) is 0 Å². The maximum absolute atomic E-state index is 9.43. The van der Waals surface area contributed by atoms with E-state index in [1.165, 1.54) is 0 Å². The molecule has 0 radical (unpaired) electrons. The van der Waals surface area contributed by atoms with Crippen molar-refractivity contribution in [2.75, 3.05) is 6.54 Å². The first kappa shape index (κ1) is 10.9. The Morgan fingerprint density at radius 1 is 1.36 bits per heavy atom.